The van der Waals surface area contributed by atoms with E-state index in [0.29, 0.717) is 0 Å². The molecule has 2 aliphatic rings. The molecule has 0 radical (unpaired) electrons. The maximum absolute atomic E-state index is 2.44. The van der Waals surface area contributed by atoms with Gasteiger partial charge in [-0.15, -0.1) is 0 Å². The summed E-state index contributed by atoms with van der Waals surface area (Å²) in [7, 11) is 0. The van der Waals surface area contributed by atoms with E-state index in [4.69, 9.17) is 0 Å². The van der Waals surface area contributed by atoms with Crippen LogP contribution >= 0.6 is 0 Å². The smallest absolute Gasteiger partial charge is 0.0198 e. The Balaban J connectivity index is 0.000000313. The fourth-order valence-corrected chi connectivity index (χ4v) is 3.71. The number of hydrogen-bond donors (Lipinski definition) is 0. The lowest BCUT2D eigenvalue weighted by atomic mass is 9.73. The molecule has 0 saturated carbocycles. The van der Waals surface area contributed by atoms with Crippen LogP contribution in [0.5, 0.6) is 0 Å². The first-order valence-corrected chi connectivity index (χ1v) is 9.75. The van der Waals surface area contributed by atoms with E-state index >= 15 is 0 Å². The highest BCUT2D eigenvalue weighted by Crippen LogP contribution is 2.36. The molecule has 0 aromatic rings. The average molecular weight is 315 g/mol. The van der Waals surface area contributed by atoms with E-state index in [0.717, 1.165) is 23.7 Å². The van der Waals surface area contributed by atoms with E-state index in [1.165, 1.54) is 38.5 Å². The molecule has 2 aliphatic carbocycles. The van der Waals surface area contributed by atoms with Crippen LogP contribution in [0.4, 0.5) is 0 Å². The van der Waals surface area contributed by atoms with Crippen molar-refractivity contribution < 1.29 is 0 Å². The van der Waals surface area contributed by atoms with Gasteiger partial charge in [-0.25, -0.2) is 0 Å². The summed E-state index contributed by atoms with van der Waals surface area (Å²) in [5.74, 6) is 3.18. The Hall–Kier alpha value is -1.04. The molecule has 4 unspecified atom stereocenters. The van der Waals surface area contributed by atoms with Crippen LogP contribution in [0, 0.1) is 23.7 Å². The number of hydrogen-bond acceptors (Lipinski definition) is 0. The second-order valence-electron chi connectivity index (χ2n) is 7.31. The van der Waals surface area contributed by atoms with Crippen molar-refractivity contribution in [3.8, 4) is 0 Å². The quantitative estimate of drug-likeness (QED) is 0.461. The molecule has 23 heavy (non-hydrogen) atoms. The van der Waals surface area contributed by atoms with E-state index < -0.39 is 0 Å². The second-order valence-corrected chi connectivity index (χ2v) is 7.31. The van der Waals surface area contributed by atoms with Crippen LogP contribution in [0.1, 0.15) is 73.1 Å². The van der Waals surface area contributed by atoms with Gasteiger partial charge in [0.25, 0.3) is 0 Å². The first-order chi connectivity index (χ1) is 11.1. The second kappa shape index (κ2) is 11.5. The van der Waals surface area contributed by atoms with E-state index in [1.54, 1.807) is 5.57 Å². The van der Waals surface area contributed by atoms with Crippen LogP contribution in [-0.4, -0.2) is 0 Å². The Bertz CT molecular complexity index is 421. The fourth-order valence-electron chi connectivity index (χ4n) is 3.71. The van der Waals surface area contributed by atoms with Gasteiger partial charge in [-0.3, -0.25) is 0 Å². The molecule has 0 bridgehead atoms. The molecule has 130 valence electrons. The van der Waals surface area contributed by atoms with Crippen LogP contribution in [0.15, 0.2) is 48.1 Å². The Morgan fingerprint density at radius 2 is 1.96 bits per heavy atom. The molecule has 0 aliphatic heterocycles. The SMILES string of the molecule is C/C=C(\CCCC)C(C)C1CCC=CC1C.CC1C=CC=CC1. The van der Waals surface area contributed by atoms with Crippen molar-refractivity contribution in [2.45, 2.75) is 73.1 Å². The molecule has 0 amide bonds. The van der Waals surface area contributed by atoms with Gasteiger partial charge in [-0.05, 0) is 62.7 Å². The Labute approximate surface area is 145 Å². The summed E-state index contributed by atoms with van der Waals surface area (Å²) < 4.78 is 0. The van der Waals surface area contributed by atoms with E-state index in [9.17, 15) is 0 Å². The summed E-state index contributed by atoms with van der Waals surface area (Å²) in [5.41, 5.74) is 1.69. The fraction of sp³-hybridized carbons (Fsp3) is 0.652. The van der Waals surface area contributed by atoms with Crippen molar-refractivity contribution in [2.75, 3.05) is 0 Å². The first kappa shape index (κ1) is 20.0. The van der Waals surface area contributed by atoms with Gasteiger partial charge in [0, 0.05) is 0 Å². The summed E-state index contributed by atoms with van der Waals surface area (Å²) >= 11 is 0. The van der Waals surface area contributed by atoms with Crippen molar-refractivity contribution in [3.05, 3.63) is 48.1 Å². The minimum Gasteiger partial charge on any atom is -0.0882 e. The lowest BCUT2D eigenvalue weighted by Gasteiger charge is -2.32. The van der Waals surface area contributed by atoms with Crippen molar-refractivity contribution in [1.82, 2.24) is 0 Å². The van der Waals surface area contributed by atoms with Gasteiger partial charge in [0.05, 0.1) is 0 Å². The van der Waals surface area contributed by atoms with Crippen molar-refractivity contribution in [3.63, 3.8) is 0 Å². The highest BCUT2D eigenvalue weighted by Gasteiger charge is 2.25. The van der Waals surface area contributed by atoms with Gasteiger partial charge in [0.1, 0.15) is 0 Å². The molecule has 0 spiro atoms. The molecule has 0 N–H and O–H groups in total. The predicted octanol–water partition coefficient (Wildman–Crippen LogP) is 7.50. The monoisotopic (exact) mass is 314 g/mol. The molecule has 0 heterocycles. The van der Waals surface area contributed by atoms with E-state index in [2.05, 4.69) is 77.2 Å². The Morgan fingerprint density at radius 1 is 1.17 bits per heavy atom. The molecular weight excluding hydrogens is 276 g/mol. The third kappa shape index (κ3) is 7.38. The molecule has 2 rings (SSSR count). The minimum absolute atomic E-state index is 0.764. The minimum atomic E-state index is 0.764. The summed E-state index contributed by atoms with van der Waals surface area (Å²) in [6.07, 6.45) is 23.6. The van der Waals surface area contributed by atoms with E-state index in [1.807, 2.05) is 0 Å². The van der Waals surface area contributed by atoms with Gasteiger partial charge < -0.3 is 0 Å². The lowest BCUT2D eigenvalue weighted by Crippen LogP contribution is -2.22. The van der Waals surface area contributed by atoms with Gasteiger partial charge >= 0.3 is 0 Å². The first-order valence-electron chi connectivity index (χ1n) is 9.75. The van der Waals surface area contributed by atoms with E-state index in [-0.39, 0.29) is 0 Å². The normalized spacial score (nSPS) is 28.2. The molecule has 0 heteroatoms. The Kier molecular flexibility index (Phi) is 9.99. The van der Waals surface area contributed by atoms with Gasteiger partial charge in [-0.1, -0.05) is 82.2 Å². The highest BCUT2D eigenvalue weighted by molar-refractivity contribution is 5.10. The summed E-state index contributed by atoms with van der Waals surface area (Å²) in [6, 6.07) is 0. The van der Waals surface area contributed by atoms with Crippen molar-refractivity contribution in [2.24, 2.45) is 23.7 Å². The van der Waals surface area contributed by atoms with Gasteiger partial charge in [-0.2, -0.15) is 0 Å². The van der Waals surface area contributed by atoms with Gasteiger partial charge in [0.15, 0.2) is 0 Å². The number of rotatable bonds is 5. The number of unbranched alkanes of at least 4 members (excludes halogenated alkanes) is 1. The molecule has 0 aromatic carbocycles. The maximum Gasteiger partial charge on any atom is -0.0198 e. The maximum atomic E-state index is 2.44. The molecule has 4 atom stereocenters. The largest absolute Gasteiger partial charge is 0.0882 e. The zero-order valence-electron chi connectivity index (χ0n) is 16.1. The van der Waals surface area contributed by atoms with Crippen LogP contribution < -0.4 is 0 Å². The van der Waals surface area contributed by atoms with Crippen LogP contribution in [0.25, 0.3) is 0 Å². The third-order valence-electron chi connectivity index (χ3n) is 5.39. The molecule has 0 nitrogen and oxygen atoms in total. The van der Waals surface area contributed by atoms with Gasteiger partial charge in [0.2, 0.25) is 0 Å². The predicted molar refractivity (Wildman–Crippen MR) is 106 cm³/mol. The topological polar surface area (TPSA) is 0 Å². The molecule has 0 fully saturated rings. The zero-order valence-corrected chi connectivity index (χ0v) is 16.1. The Morgan fingerprint density at radius 3 is 2.43 bits per heavy atom. The summed E-state index contributed by atoms with van der Waals surface area (Å²) in [6.45, 7) is 11.5. The zero-order chi connectivity index (χ0) is 17.1. The number of allylic oxidation sites excluding steroid dienone is 8. The third-order valence-corrected chi connectivity index (χ3v) is 5.39. The molecule has 0 aromatic heterocycles. The molecular formula is C23H38. The van der Waals surface area contributed by atoms with Crippen LogP contribution in [-0.2, 0) is 0 Å². The molecule has 0 saturated heterocycles. The standard InChI is InChI=1S/C16H28.C7H10/c1-5-7-11-15(6-2)14(4)16-12-9-8-10-13(16)3;1-7-5-3-2-4-6-7/h6,8,10,13-14,16H,5,7,9,11-12H2,1-4H3;2-5,7H,6H2,1H3/b15-6+;. The summed E-state index contributed by atoms with van der Waals surface area (Å²) in [4.78, 5) is 0. The lowest BCUT2D eigenvalue weighted by molar-refractivity contribution is 0.291. The average Bonchev–Trinajstić information content (AvgIpc) is 2.57. The van der Waals surface area contributed by atoms with Crippen molar-refractivity contribution >= 4 is 0 Å². The van der Waals surface area contributed by atoms with Crippen LogP contribution in [0.3, 0.4) is 0 Å². The van der Waals surface area contributed by atoms with Crippen molar-refractivity contribution in [1.29, 1.82) is 0 Å². The highest BCUT2D eigenvalue weighted by atomic mass is 14.3. The summed E-state index contributed by atoms with van der Waals surface area (Å²) in [5, 5.41) is 0. The van der Waals surface area contributed by atoms with Crippen LogP contribution in [0.2, 0.25) is 0 Å².